The Balaban J connectivity index is 1.78. The first-order chi connectivity index (χ1) is 12.4. The number of hydrogen-bond acceptors (Lipinski definition) is 3. The van der Waals surface area contributed by atoms with Crippen LogP contribution < -0.4 is 5.32 Å². The van der Waals surface area contributed by atoms with E-state index in [4.69, 9.17) is 11.6 Å². The van der Waals surface area contributed by atoms with Crippen LogP contribution in [0.25, 0.3) is 0 Å². The summed E-state index contributed by atoms with van der Waals surface area (Å²) in [7, 11) is 0. The molecule has 7 heteroatoms. The van der Waals surface area contributed by atoms with Crippen molar-refractivity contribution in [3.63, 3.8) is 0 Å². The van der Waals surface area contributed by atoms with Gasteiger partial charge in [0.25, 0.3) is 5.91 Å². The minimum Gasteiger partial charge on any atom is -0.330 e. The molecule has 0 aliphatic rings. The van der Waals surface area contributed by atoms with Gasteiger partial charge in [-0.05, 0) is 39.7 Å². The summed E-state index contributed by atoms with van der Waals surface area (Å²) in [5, 5.41) is 3.04. The fourth-order valence-corrected chi connectivity index (χ4v) is 3.20. The standard InChI is InChI=1S/C19H18BrClN4O/c1-12(2)18-22-6-7-25(18)11-13-4-3-5-15(8-13)24-19(26)16-9-14(20)10-23-17(16)21/h3-10,12H,11H2,1-2H3,(H,24,26). The van der Waals surface area contributed by atoms with Crippen LogP contribution in [0.5, 0.6) is 0 Å². The summed E-state index contributed by atoms with van der Waals surface area (Å²) in [6.07, 6.45) is 5.33. The number of amides is 1. The second kappa shape index (κ2) is 8.01. The fourth-order valence-electron chi connectivity index (χ4n) is 2.68. The van der Waals surface area contributed by atoms with Crippen LogP contribution in [-0.4, -0.2) is 20.4 Å². The van der Waals surface area contributed by atoms with Gasteiger partial charge in [-0.25, -0.2) is 9.97 Å². The Kier molecular flexibility index (Phi) is 5.74. The molecule has 5 nitrogen and oxygen atoms in total. The zero-order valence-corrected chi connectivity index (χ0v) is 16.8. The van der Waals surface area contributed by atoms with E-state index in [0.717, 1.165) is 11.4 Å². The number of carbonyl (C=O) groups excluding carboxylic acids is 1. The predicted molar refractivity (Wildman–Crippen MR) is 107 cm³/mol. The molecule has 2 heterocycles. The van der Waals surface area contributed by atoms with Gasteiger partial charge >= 0.3 is 0 Å². The van der Waals surface area contributed by atoms with Crippen LogP contribution in [0.1, 0.15) is 41.5 Å². The number of carbonyl (C=O) groups is 1. The Morgan fingerprint density at radius 3 is 2.88 bits per heavy atom. The van der Waals surface area contributed by atoms with Crippen LogP contribution in [0.3, 0.4) is 0 Å². The zero-order chi connectivity index (χ0) is 18.7. The molecule has 1 N–H and O–H groups in total. The lowest BCUT2D eigenvalue weighted by Crippen LogP contribution is -2.13. The topological polar surface area (TPSA) is 59.8 Å². The quantitative estimate of drug-likeness (QED) is 0.568. The average Bonchev–Trinajstić information content (AvgIpc) is 3.05. The number of halogens is 2. The van der Waals surface area contributed by atoms with Crippen LogP contribution in [0, 0.1) is 0 Å². The summed E-state index contributed by atoms with van der Waals surface area (Å²) in [6, 6.07) is 9.37. The van der Waals surface area contributed by atoms with Gasteiger partial charge in [0, 0.05) is 41.2 Å². The third kappa shape index (κ3) is 4.31. The summed E-state index contributed by atoms with van der Waals surface area (Å²) < 4.78 is 2.81. The minimum atomic E-state index is -0.300. The van der Waals surface area contributed by atoms with Gasteiger partial charge in [-0.3, -0.25) is 4.79 Å². The van der Waals surface area contributed by atoms with Crippen molar-refractivity contribution < 1.29 is 4.79 Å². The number of aromatic nitrogens is 3. The molecular weight excluding hydrogens is 416 g/mol. The first kappa shape index (κ1) is 18.6. The molecule has 0 saturated carbocycles. The van der Waals surface area contributed by atoms with E-state index >= 15 is 0 Å². The molecule has 1 amide bonds. The van der Waals surface area contributed by atoms with Gasteiger partial charge in [0.2, 0.25) is 0 Å². The summed E-state index contributed by atoms with van der Waals surface area (Å²) >= 11 is 9.33. The molecule has 0 bridgehead atoms. The van der Waals surface area contributed by atoms with Crippen molar-refractivity contribution in [2.75, 3.05) is 5.32 Å². The Morgan fingerprint density at radius 1 is 1.31 bits per heavy atom. The lowest BCUT2D eigenvalue weighted by molar-refractivity contribution is 0.102. The molecule has 0 fully saturated rings. The molecule has 26 heavy (non-hydrogen) atoms. The van der Waals surface area contributed by atoms with Crippen molar-refractivity contribution in [3.05, 3.63) is 75.5 Å². The van der Waals surface area contributed by atoms with E-state index in [0.29, 0.717) is 28.2 Å². The van der Waals surface area contributed by atoms with Crippen LogP contribution in [-0.2, 0) is 6.54 Å². The number of benzene rings is 1. The number of pyridine rings is 1. The Labute approximate surface area is 165 Å². The molecule has 0 radical (unpaired) electrons. The number of imidazole rings is 1. The van der Waals surface area contributed by atoms with Crippen LogP contribution in [0.15, 0.2) is 53.4 Å². The second-order valence-electron chi connectivity index (χ2n) is 6.21. The van der Waals surface area contributed by atoms with E-state index in [9.17, 15) is 4.79 Å². The lowest BCUT2D eigenvalue weighted by atomic mass is 10.1. The monoisotopic (exact) mass is 432 g/mol. The maximum Gasteiger partial charge on any atom is 0.258 e. The molecule has 134 valence electrons. The molecule has 2 aromatic heterocycles. The smallest absolute Gasteiger partial charge is 0.258 e. The summed E-state index contributed by atoms with van der Waals surface area (Å²) in [6.45, 7) is 4.92. The minimum absolute atomic E-state index is 0.168. The van der Waals surface area contributed by atoms with Crippen molar-refractivity contribution in [1.82, 2.24) is 14.5 Å². The highest BCUT2D eigenvalue weighted by atomic mass is 79.9. The van der Waals surface area contributed by atoms with E-state index < -0.39 is 0 Å². The third-order valence-corrected chi connectivity index (χ3v) is 4.59. The maximum absolute atomic E-state index is 12.5. The first-order valence-electron chi connectivity index (χ1n) is 8.16. The van der Waals surface area contributed by atoms with E-state index in [1.165, 1.54) is 0 Å². The number of rotatable bonds is 5. The van der Waals surface area contributed by atoms with Crippen molar-refractivity contribution in [3.8, 4) is 0 Å². The molecule has 0 atom stereocenters. The summed E-state index contributed by atoms with van der Waals surface area (Å²) in [5.41, 5.74) is 2.10. The third-order valence-electron chi connectivity index (χ3n) is 3.85. The van der Waals surface area contributed by atoms with E-state index in [1.807, 2.05) is 36.7 Å². The molecule has 1 aromatic carbocycles. The summed E-state index contributed by atoms with van der Waals surface area (Å²) in [5.74, 6) is 1.08. The van der Waals surface area contributed by atoms with E-state index in [-0.39, 0.29) is 11.1 Å². The Morgan fingerprint density at radius 2 is 2.12 bits per heavy atom. The maximum atomic E-state index is 12.5. The number of hydrogen-bond donors (Lipinski definition) is 1. The van der Waals surface area contributed by atoms with Crippen LogP contribution in [0.2, 0.25) is 5.15 Å². The first-order valence-corrected chi connectivity index (χ1v) is 9.33. The van der Waals surface area contributed by atoms with Crippen molar-refractivity contribution in [1.29, 1.82) is 0 Å². The molecule has 0 aliphatic carbocycles. The van der Waals surface area contributed by atoms with Gasteiger partial charge in [-0.15, -0.1) is 0 Å². The highest BCUT2D eigenvalue weighted by molar-refractivity contribution is 9.10. The van der Waals surface area contributed by atoms with Crippen molar-refractivity contribution in [2.45, 2.75) is 26.3 Å². The molecule has 0 unspecified atom stereocenters. The Bertz CT molecular complexity index is 939. The molecule has 0 saturated heterocycles. The van der Waals surface area contributed by atoms with Gasteiger partial charge < -0.3 is 9.88 Å². The van der Waals surface area contributed by atoms with Gasteiger partial charge in [0.1, 0.15) is 11.0 Å². The number of anilines is 1. The number of nitrogens with zero attached hydrogens (tertiary/aromatic N) is 3. The zero-order valence-electron chi connectivity index (χ0n) is 14.4. The molecule has 3 rings (SSSR count). The van der Waals surface area contributed by atoms with E-state index in [1.54, 1.807) is 12.3 Å². The highest BCUT2D eigenvalue weighted by Gasteiger charge is 2.13. The summed E-state index contributed by atoms with van der Waals surface area (Å²) in [4.78, 5) is 20.9. The van der Waals surface area contributed by atoms with Crippen LogP contribution in [0.4, 0.5) is 5.69 Å². The van der Waals surface area contributed by atoms with E-state index in [2.05, 4.69) is 49.6 Å². The van der Waals surface area contributed by atoms with Crippen molar-refractivity contribution >= 4 is 39.1 Å². The Hall–Kier alpha value is -2.18. The molecule has 0 aliphatic heterocycles. The van der Waals surface area contributed by atoms with Gasteiger partial charge in [0.05, 0.1) is 5.56 Å². The SMILES string of the molecule is CC(C)c1nccn1Cc1cccc(NC(=O)c2cc(Br)cnc2Cl)c1. The normalized spacial score (nSPS) is 11.0. The second-order valence-corrected chi connectivity index (χ2v) is 7.49. The average molecular weight is 434 g/mol. The van der Waals surface area contributed by atoms with Gasteiger partial charge in [0.15, 0.2) is 0 Å². The van der Waals surface area contributed by atoms with Gasteiger partial charge in [-0.1, -0.05) is 37.6 Å². The van der Waals surface area contributed by atoms with Crippen LogP contribution >= 0.6 is 27.5 Å². The lowest BCUT2D eigenvalue weighted by Gasteiger charge is -2.12. The van der Waals surface area contributed by atoms with Crippen molar-refractivity contribution in [2.24, 2.45) is 0 Å². The highest BCUT2D eigenvalue weighted by Crippen LogP contribution is 2.21. The molecular formula is C19H18BrClN4O. The molecule has 0 spiro atoms. The predicted octanol–water partition coefficient (Wildman–Crippen LogP) is 5.12. The number of nitrogens with one attached hydrogen (secondary N) is 1. The fraction of sp³-hybridized carbons (Fsp3) is 0.211. The van der Waals surface area contributed by atoms with Gasteiger partial charge in [-0.2, -0.15) is 0 Å². The largest absolute Gasteiger partial charge is 0.330 e. The molecule has 3 aromatic rings.